The highest BCUT2D eigenvalue weighted by atomic mass is 35.5. The van der Waals surface area contributed by atoms with Crippen molar-refractivity contribution in [3.63, 3.8) is 0 Å². The van der Waals surface area contributed by atoms with Gasteiger partial charge in [0.2, 0.25) is 0 Å². The quantitative estimate of drug-likeness (QED) is 0.233. The zero-order valence-electron chi connectivity index (χ0n) is 16.8. The van der Waals surface area contributed by atoms with Crippen LogP contribution in [0.3, 0.4) is 0 Å². The van der Waals surface area contributed by atoms with E-state index < -0.39 is 17.8 Å². The Kier molecular flexibility index (Phi) is 7.60. The van der Waals surface area contributed by atoms with Gasteiger partial charge in [-0.2, -0.15) is 5.10 Å². The van der Waals surface area contributed by atoms with Crippen LogP contribution in [0.2, 0.25) is 5.02 Å². The lowest BCUT2D eigenvalue weighted by Gasteiger charge is -2.10. The second kappa shape index (κ2) is 10.8. The van der Waals surface area contributed by atoms with E-state index in [9.17, 15) is 14.4 Å². The Morgan fingerprint density at radius 2 is 1.91 bits per heavy atom. The van der Waals surface area contributed by atoms with E-state index in [0.29, 0.717) is 5.56 Å². The molecule has 0 unspecified atom stereocenters. The minimum atomic E-state index is -0.626. The lowest BCUT2D eigenvalue weighted by atomic mass is 10.2. The molecular formula is C22H18ClN3O6. The number of hydrogen-bond acceptors (Lipinski definition) is 7. The molecule has 0 bridgehead atoms. The summed E-state index contributed by atoms with van der Waals surface area (Å²) in [6.45, 7) is -0.281. The van der Waals surface area contributed by atoms with E-state index in [4.69, 9.17) is 25.5 Å². The van der Waals surface area contributed by atoms with Crippen molar-refractivity contribution < 1.29 is 28.3 Å². The average molecular weight is 456 g/mol. The Labute approximate surface area is 188 Å². The van der Waals surface area contributed by atoms with Crippen LogP contribution >= 0.6 is 11.6 Å². The SMILES string of the molecule is COc1cc(/C=N/NC(=O)CNC(=O)c2ccco2)ccc1OC(=O)c1ccccc1Cl. The highest BCUT2D eigenvalue weighted by molar-refractivity contribution is 6.33. The topological polar surface area (TPSA) is 119 Å². The van der Waals surface area contributed by atoms with Crippen LogP contribution in [0, 0.1) is 0 Å². The molecule has 0 radical (unpaired) electrons. The van der Waals surface area contributed by atoms with Crippen LogP contribution in [-0.2, 0) is 4.79 Å². The summed E-state index contributed by atoms with van der Waals surface area (Å²) in [7, 11) is 1.42. The van der Waals surface area contributed by atoms with Crippen molar-refractivity contribution in [2.45, 2.75) is 0 Å². The predicted molar refractivity (Wildman–Crippen MR) is 116 cm³/mol. The maximum Gasteiger partial charge on any atom is 0.345 e. The summed E-state index contributed by atoms with van der Waals surface area (Å²) in [6.07, 6.45) is 2.73. The number of carbonyl (C=O) groups is 3. The zero-order valence-corrected chi connectivity index (χ0v) is 17.6. The molecule has 2 amide bonds. The van der Waals surface area contributed by atoms with Gasteiger partial charge in [-0.1, -0.05) is 23.7 Å². The first kappa shape index (κ1) is 22.6. The van der Waals surface area contributed by atoms with Gasteiger partial charge in [-0.3, -0.25) is 9.59 Å². The van der Waals surface area contributed by atoms with Gasteiger partial charge in [0.1, 0.15) is 0 Å². The van der Waals surface area contributed by atoms with Crippen LogP contribution in [0.15, 0.2) is 70.4 Å². The largest absolute Gasteiger partial charge is 0.493 e. The van der Waals surface area contributed by atoms with Crippen LogP contribution in [0.5, 0.6) is 11.5 Å². The Balaban J connectivity index is 1.56. The van der Waals surface area contributed by atoms with Crippen molar-refractivity contribution in [1.29, 1.82) is 0 Å². The molecule has 0 aliphatic rings. The molecule has 0 atom stereocenters. The molecule has 2 N–H and O–H groups in total. The first-order valence-corrected chi connectivity index (χ1v) is 9.64. The van der Waals surface area contributed by atoms with Gasteiger partial charge in [0, 0.05) is 0 Å². The van der Waals surface area contributed by atoms with Crippen molar-refractivity contribution in [2.24, 2.45) is 5.10 Å². The Bertz CT molecular complexity index is 1140. The third kappa shape index (κ3) is 5.96. The number of methoxy groups -OCH3 is 1. The third-order valence-electron chi connectivity index (χ3n) is 4.04. The second-order valence-electron chi connectivity index (χ2n) is 6.23. The molecule has 0 aliphatic carbocycles. The average Bonchev–Trinajstić information content (AvgIpc) is 3.33. The van der Waals surface area contributed by atoms with Gasteiger partial charge in [0.05, 0.1) is 36.7 Å². The molecule has 0 saturated heterocycles. The number of nitrogens with zero attached hydrogens (tertiary/aromatic N) is 1. The minimum absolute atomic E-state index is 0.101. The van der Waals surface area contributed by atoms with Crippen molar-refractivity contribution in [3.8, 4) is 11.5 Å². The number of carbonyl (C=O) groups excluding carboxylic acids is 3. The van der Waals surface area contributed by atoms with Gasteiger partial charge in [0.15, 0.2) is 17.3 Å². The van der Waals surface area contributed by atoms with Gasteiger partial charge in [-0.25, -0.2) is 10.2 Å². The Hall–Kier alpha value is -4.11. The summed E-state index contributed by atoms with van der Waals surface area (Å²) in [4.78, 5) is 35.9. The molecule has 9 nitrogen and oxygen atoms in total. The number of esters is 1. The van der Waals surface area contributed by atoms with Gasteiger partial charge < -0.3 is 19.2 Å². The maximum atomic E-state index is 12.3. The van der Waals surface area contributed by atoms with Crippen molar-refractivity contribution in [3.05, 3.63) is 82.8 Å². The second-order valence-corrected chi connectivity index (χ2v) is 6.64. The van der Waals surface area contributed by atoms with Crippen LogP contribution in [-0.4, -0.2) is 37.7 Å². The summed E-state index contributed by atoms with van der Waals surface area (Å²) in [5.41, 5.74) is 3.08. The summed E-state index contributed by atoms with van der Waals surface area (Å²) in [5, 5.41) is 6.50. The summed E-state index contributed by atoms with van der Waals surface area (Å²) < 4.78 is 15.6. The van der Waals surface area contributed by atoms with Crippen molar-refractivity contribution in [2.75, 3.05) is 13.7 Å². The van der Waals surface area contributed by atoms with Gasteiger partial charge in [-0.15, -0.1) is 0 Å². The fraction of sp³-hybridized carbons (Fsp3) is 0.0909. The molecule has 0 saturated carbocycles. The number of amides is 2. The number of nitrogens with one attached hydrogen (secondary N) is 2. The molecule has 3 aromatic rings. The molecule has 164 valence electrons. The van der Waals surface area contributed by atoms with E-state index >= 15 is 0 Å². The Morgan fingerprint density at radius 1 is 1.09 bits per heavy atom. The molecule has 3 rings (SSSR count). The molecule has 2 aromatic carbocycles. The zero-order chi connectivity index (χ0) is 22.9. The predicted octanol–water partition coefficient (Wildman–Crippen LogP) is 3.04. The lowest BCUT2D eigenvalue weighted by molar-refractivity contribution is -0.120. The number of halogens is 1. The van der Waals surface area contributed by atoms with Crippen LogP contribution in [0.1, 0.15) is 26.5 Å². The van der Waals surface area contributed by atoms with E-state index in [-0.39, 0.29) is 34.4 Å². The number of furan rings is 1. The number of ether oxygens (including phenoxy) is 2. The van der Waals surface area contributed by atoms with Crippen molar-refractivity contribution >= 4 is 35.6 Å². The first-order chi connectivity index (χ1) is 15.5. The summed E-state index contributed by atoms with van der Waals surface area (Å²) in [5.74, 6) is -1.09. The molecule has 10 heteroatoms. The fourth-order valence-corrected chi connectivity index (χ4v) is 2.72. The van der Waals surface area contributed by atoms with Gasteiger partial charge >= 0.3 is 5.97 Å². The molecule has 0 aliphatic heterocycles. The van der Waals surface area contributed by atoms with Crippen LogP contribution in [0.25, 0.3) is 0 Å². The van der Waals surface area contributed by atoms with E-state index in [1.807, 2.05) is 0 Å². The van der Waals surface area contributed by atoms with Gasteiger partial charge in [0.25, 0.3) is 11.8 Å². The molecule has 1 aromatic heterocycles. The van der Waals surface area contributed by atoms with Gasteiger partial charge in [-0.05, 0) is 48.0 Å². The standard InChI is InChI=1S/C22H18ClN3O6/c1-30-19-11-14(8-9-17(19)32-22(29)15-5-2-3-6-16(15)23)12-25-26-20(27)13-24-21(28)18-7-4-10-31-18/h2-12H,13H2,1H3,(H,24,28)(H,26,27)/b25-12+. The van der Waals surface area contributed by atoms with E-state index in [2.05, 4.69) is 15.8 Å². The number of hydrogen-bond donors (Lipinski definition) is 2. The fourth-order valence-electron chi connectivity index (χ4n) is 2.50. The molecule has 32 heavy (non-hydrogen) atoms. The van der Waals surface area contributed by atoms with Crippen molar-refractivity contribution in [1.82, 2.24) is 10.7 Å². The van der Waals surface area contributed by atoms with E-state index in [0.717, 1.165) is 0 Å². The smallest absolute Gasteiger partial charge is 0.345 e. The van der Waals surface area contributed by atoms with Crippen LogP contribution < -0.4 is 20.2 Å². The lowest BCUT2D eigenvalue weighted by Crippen LogP contribution is -2.34. The Morgan fingerprint density at radius 3 is 2.62 bits per heavy atom. The normalized spacial score (nSPS) is 10.6. The summed E-state index contributed by atoms with van der Waals surface area (Å²) >= 11 is 6.02. The molecule has 0 spiro atoms. The van der Waals surface area contributed by atoms with Crippen LogP contribution in [0.4, 0.5) is 0 Å². The van der Waals surface area contributed by atoms with E-state index in [1.54, 1.807) is 42.5 Å². The van der Waals surface area contributed by atoms with E-state index in [1.165, 1.54) is 31.7 Å². The minimum Gasteiger partial charge on any atom is -0.493 e. The highest BCUT2D eigenvalue weighted by Crippen LogP contribution is 2.29. The maximum absolute atomic E-state index is 12.3. The molecule has 0 fully saturated rings. The molecule has 1 heterocycles. The first-order valence-electron chi connectivity index (χ1n) is 9.26. The monoisotopic (exact) mass is 455 g/mol. The summed E-state index contributed by atoms with van der Waals surface area (Å²) in [6, 6.07) is 14.3. The number of hydrazone groups is 1. The highest BCUT2D eigenvalue weighted by Gasteiger charge is 2.15. The number of rotatable bonds is 8. The third-order valence-corrected chi connectivity index (χ3v) is 4.37. The number of benzene rings is 2. The molecular weight excluding hydrogens is 438 g/mol.